The highest BCUT2D eigenvalue weighted by Gasteiger charge is 2.08. The number of anilines is 1. The van der Waals surface area contributed by atoms with Crippen LogP contribution in [0.25, 0.3) is 17.1 Å². The molecule has 0 fully saturated rings. The third-order valence-electron chi connectivity index (χ3n) is 2.92. The maximum atomic E-state index is 8.93. The summed E-state index contributed by atoms with van der Waals surface area (Å²) in [6.07, 6.45) is 5.16. The summed E-state index contributed by atoms with van der Waals surface area (Å²) < 4.78 is 1.90. The van der Waals surface area contributed by atoms with E-state index in [0.29, 0.717) is 11.4 Å². The minimum Gasteiger partial charge on any atom is -0.399 e. The van der Waals surface area contributed by atoms with Gasteiger partial charge in [0, 0.05) is 29.8 Å². The van der Waals surface area contributed by atoms with Gasteiger partial charge in [-0.05, 0) is 24.3 Å². The Kier molecular flexibility index (Phi) is 2.90. The van der Waals surface area contributed by atoms with Crippen LogP contribution in [0.5, 0.6) is 0 Å². The molecule has 2 N–H and O–H groups in total. The maximum Gasteiger partial charge on any atom is 0.144 e. The van der Waals surface area contributed by atoms with E-state index in [1.54, 1.807) is 18.5 Å². The Labute approximate surface area is 116 Å². The number of rotatable bonds is 2. The Morgan fingerprint density at radius 1 is 1.10 bits per heavy atom. The van der Waals surface area contributed by atoms with Crippen LogP contribution in [-0.4, -0.2) is 14.5 Å². The highest BCUT2D eigenvalue weighted by Crippen LogP contribution is 2.23. The highest BCUT2D eigenvalue weighted by atomic mass is 15.1. The zero-order valence-electron chi connectivity index (χ0n) is 10.6. The Morgan fingerprint density at radius 2 is 2.00 bits per heavy atom. The first kappa shape index (κ1) is 11.9. The van der Waals surface area contributed by atoms with Crippen LogP contribution in [0.2, 0.25) is 0 Å². The van der Waals surface area contributed by atoms with Gasteiger partial charge >= 0.3 is 0 Å². The number of nitrogens with two attached hydrogens (primary N) is 1. The van der Waals surface area contributed by atoms with Crippen molar-refractivity contribution in [2.24, 2.45) is 0 Å². The van der Waals surface area contributed by atoms with Crippen LogP contribution in [0.15, 0.2) is 55.0 Å². The van der Waals surface area contributed by atoms with Crippen molar-refractivity contribution in [2.45, 2.75) is 0 Å². The molecule has 0 aliphatic rings. The topological polar surface area (TPSA) is 80.5 Å². The molecule has 5 nitrogen and oxygen atoms in total. The van der Waals surface area contributed by atoms with E-state index in [1.807, 2.05) is 47.2 Å². The molecule has 0 radical (unpaired) electrons. The third kappa shape index (κ3) is 2.10. The summed E-state index contributed by atoms with van der Waals surface area (Å²) in [5, 5.41) is 8.93. The molecule has 20 heavy (non-hydrogen) atoms. The zero-order chi connectivity index (χ0) is 13.9. The Balaban J connectivity index is 2.13. The number of hydrogen-bond acceptors (Lipinski definition) is 4. The van der Waals surface area contributed by atoms with Crippen LogP contribution in [0.1, 0.15) is 5.69 Å². The molecule has 0 atom stereocenters. The SMILES string of the molecule is N#Cc1cc(-n2ccnc2-c2cccc(N)c2)ccn1. The lowest BCUT2D eigenvalue weighted by molar-refractivity contribution is 1.05. The fourth-order valence-electron chi connectivity index (χ4n) is 2.03. The normalized spacial score (nSPS) is 10.2. The van der Waals surface area contributed by atoms with Gasteiger partial charge < -0.3 is 5.73 Å². The van der Waals surface area contributed by atoms with Crippen LogP contribution in [0.4, 0.5) is 5.69 Å². The molecule has 96 valence electrons. The van der Waals surface area contributed by atoms with Gasteiger partial charge in [-0.3, -0.25) is 4.57 Å². The Morgan fingerprint density at radius 3 is 2.80 bits per heavy atom. The molecule has 3 aromatic rings. The molecular formula is C15H11N5. The number of nitriles is 1. The van der Waals surface area contributed by atoms with E-state index >= 15 is 0 Å². The third-order valence-corrected chi connectivity index (χ3v) is 2.92. The molecule has 0 aliphatic carbocycles. The molecule has 0 bridgehead atoms. The monoisotopic (exact) mass is 261 g/mol. The zero-order valence-corrected chi connectivity index (χ0v) is 10.6. The van der Waals surface area contributed by atoms with E-state index in [-0.39, 0.29) is 0 Å². The first-order valence-corrected chi connectivity index (χ1v) is 6.04. The highest BCUT2D eigenvalue weighted by molar-refractivity contribution is 5.63. The van der Waals surface area contributed by atoms with Crippen LogP contribution in [-0.2, 0) is 0 Å². The fourth-order valence-corrected chi connectivity index (χ4v) is 2.03. The van der Waals surface area contributed by atoms with Gasteiger partial charge in [0.25, 0.3) is 0 Å². The molecule has 2 aromatic heterocycles. The Hall–Kier alpha value is -3.13. The number of nitrogen functional groups attached to an aromatic ring is 1. The molecule has 0 aliphatic heterocycles. The van der Waals surface area contributed by atoms with E-state index in [4.69, 9.17) is 11.0 Å². The molecule has 0 unspecified atom stereocenters. The van der Waals surface area contributed by atoms with Crippen LogP contribution in [0.3, 0.4) is 0 Å². The lowest BCUT2D eigenvalue weighted by Gasteiger charge is -2.08. The lowest BCUT2D eigenvalue weighted by Crippen LogP contribution is -1.98. The number of benzene rings is 1. The lowest BCUT2D eigenvalue weighted by atomic mass is 10.2. The largest absolute Gasteiger partial charge is 0.399 e. The van der Waals surface area contributed by atoms with Crippen LogP contribution in [0, 0.1) is 11.3 Å². The second kappa shape index (κ2) is 4.86. The van der Waals surface area contributed by atoms with E-state index in [9.17, 15) is 0 Å². The maximum absolute atomic E-state index is 8.93. The van der Waals surface area contributed by atoms with Gasteiger partial charge in [0.15, 0.2) is 0 Å². The second-order valence-corrected chi connectivity index (χ2v) is 4.26. The summed E-state index contributed by atoms with van der Waals surface area (Å²) >= 11 is 0. The van der Waals surface area contributed by atoms with E-state index < -0.39 is 0 Å². The molecule has 0 saturated heterocycles. The number of pyridine rings is 1. The molecule has 0 amide bonds. The van der Waals surface area contributed by atoms with E-state index in [2.05, 4.69) is 9.97 Å². The molecule has 0 spiro atoms. The predicted octanol–water partition coefficient (Wildman–Crippen LogP) is 2.39. The van der Waals surface area contributed by atoms with Crippen molar-refractivity contribution in [3.05, 3.63) is 60.7 Å². The van der Waals surface area contributed by atoms with Gasteiger partial charge in [-0.25, -0.2) is 9.97 Å². The van der Waals surface area contributed by atoms with Crippen molar-refractivity contribution in [1.29, 1.82) is 5.26 Å². The minimum atomic E-state index is 0.370. The summed E-state index contributed by atoms with van der Waals surface area (Å²) in [5.74, 6) is 0.771. The summed E-state index contributed by atoms with van der Waals surface area (Å²) in [6, 6.07) is 13.1. The van der Waals surface area contributed by atoms with Crippen molar-refractivity contribution >= 4 is 5.69 Å². The predicted molar refractivity (Wildman–Crippen MR) is 75.9 cm³/mol. The van der Waals surface area contributed by atoms with E-state index in [0.717, 1.165) is 17.1 Å². The average Bonchev–Trinajstić information content (AvgIpc) is 2.97. The van der Waals surface area contributed by atoms with E-state index in [1.165, 1.54) is 0 Å². The Bertz CT molecular complexity index is 798. The van der Waals surface area contributed by atoms with Crippen molar-refractivity contribution in [2.75, 3.05) is 5.73 Å². The number of imidazole rings is 1. The number of hydrogen-bond donors (Lipinski definition) is 1. The summed E-state index contributed by atoms with van der Waals surface area (Å²) in [7, 11) is 0. The van der Waals surface area contributed by atoms with Gasteiger partial charge in [-0.2, -0.15) is 5.26 Å². The summed E-state index contributed by atoms with van der Waals surface area (Å²) in [6.45, 7) is 0. The summed E-state index contributed by atoms with van der Waals surface area (Å²) in [4.78, 5) is 8.33. The van der Waals surface area contributed by atoms with Crippen molar-refractivity contribution in [3.8, 4) is 23.1 Å². The molecule has 3 rings (SSSR count). The standard InChI is InChI=1S/C15H11N5/c16-10-13-9-14(4-5-18-13)20-7-6-19-15(20)11-2-1-3-12(17)8-11/h1-9H,17H2. The quantitative estimate of drug-likeness (QED) is 0.718. The summed E-state index contributed by atoms with van der Waals surface area (Å²) in [5.41, 5.74) is 8.62. The van der Waals surface area contributed by atoms with Gasteiger partial charge in [-0.15, -0.1) is 0 Å². The van der Waals surface area contributed by atoms with Crippen LogP contribution >= 0.6 is 0 Å². The van der Waals surface area contributed by atoms with Crippen molar-refractivity contribution in [1.82, 2.24) is 14.5 Å². The average molecular weight is 261 g/mol. The minimum absolute atomic E-state index is 0.370. The first-order chi connectivity index (χ1) is 9.78. The molecule has 5 heteroatoms. The van der Waals surface area contributed by atoms with Gasteiger partial charge in [0.05, 0.1) is 5.69 Å². The van der Waals surface area contributed by atoms with Gasteiger partial charge in [-0.1, -0.05) is 12.1 Å². The van der Waals surface area contributed by atoms with Crippen molar-refractivity contribution in [3.63, 3.8) is 0 Å². The van der Waals surface area contributed by atoms with Gasteiger partial charge in [0.1, 0.15) is 17.6 Å². The molecule has 2 heterocycles. The number of aromatic nitrogens is 3. The smallest absolute Gasteiger partial charge is 0.144 e. The second-order valence-electron chi connectivity index (χ2n) is 4.26. The molecule has 1 aromatic carbocycles. The molecular weight excluding hydrogens is 250 g/mol. The van der Waals surface area contributed by atoms with Gasteiger partial charge in [0.2, 0.25) is 0 Å². The number of nitrogens with zero attached hydrogens (tertiary/aromatic N) is 4. The van der Waals surface area contributed by atoms with Crippen molar-refractivity contribution < 1.29 is 0 Å². The molecule has 0 saturated carbocycles. The van der Waals surface area contributed by atoms with Crippen LogP contribution < -0.4 is 5.73 Å². The first-order valence-electron chi connectivity index (χ1n) is 6.04. The fraction of sp³-hybridized carbons (Fsp3) is 0.